The summed E-state index contributed by atoms with van der Waals surface area (Å²) in [6, 6.07) is 11.6. The molecular formula is C20H19FN4O3. The number of H-pyrrole nitrogens is 1. The van der Waals surface area contributed by atoms with Crippen LogP contribution in [0.3, 0.4) is 0 Å². The molecule has 1 amide bonds. The Morgan fingerprint density at radius 1 is 1.18 bits per heavy atom. The van der Waals surface area contributed by atoms with E-state index < -0.39 is 0 Å². The first-order valence-corrected chi connectivity index (χ1v) is 8.80. The van der Waals surface area contributed by atoms with Crippen LogP contribution in [0.4, 0.5) is 10.3 Å². The van der Waals surface area contributed by atoms with Crippen molar-refractivity contribution in [2.75, 3.05) is 19.5 Å². The van der Waals surface area contributed by atoms with Gasteiger partial charge in [-0.1, -0.05) is 12.1 Å². The molecule has 0 spiro atoms. The van der Waals surface area contributed by atoms with Crippen molar-refractivity contribution in [3.8, 4) is 22.9 Å². The number of halogens is 1. The summed E-state index contributed by atoms with van der Waals surface area (Å²) in [6.07, 6.45) is 0.723. The number of carbonyl (C=O) groups is 1. The summed E-state index contributed by atoms with van der Waals surface area (Å²) < 4.78 is 23.6. The van der Waals surface area contributed by atoms with Crippen molar-refractivity contribution in [3.05, 3.63) is 53.8 Å². The molecule has 1 heterocycles. The molecule has 1 fully saturated rings. The molecule has 1 aromatic heterocycles. The molecule has 2 N–H and O–H groups in total. The maximum Gasteiger partial charge on any atom is 0.249 e. The standard InChI is InChI=1S/C20H19FN4O3/c1-27-13-7-8-14(17(9-13)28-2)18-22-20(25-24-18)23-19(26)16-10-15(16)11-3-5-12(21)6-4-11/h3-9,15-16H,10H2,1-2H3,(H2,22,23,24,25,26). The van der Waals surface area contributed by atoms with Crippen LogP contribution >= 0.6 is 0 Å². The van der Waals surface area contributed by atoms with Crippen molar-refractivity contribution in [1.29, 1.82) is 0 Å². The number of nitrogens with one attached hydrogen (secondary N) is 2. The van der Waals surface area contributed by atoms with Crippen LogP contribution in [0.25, 0.3) is 11.4 Å². The molecule has 0 saturated heterocycles. The Balaban J connectivity index is 1.44. The molecule has 1 aliphatic rings. The average Bonchev–Trinajstić information content (AvgIpc) is 3.39. The number of nitrogens with zero attached hydrogens (tertiary/aromatic N) is 2. The average molecular weight is 382 g/mol. The maximum absolute atomic E-state index is 13.0. The molecule has 4 rings (SSSR count). The lowest BCUT2D eigenvalue weighted by atomic mass is 10.1. The molecule has 7 nitrogen and oxygen atoms in total. The van der Waals surface area contributed by atoms with Gasteiger partial charge >= 0.3 is 0 Å². The second-order valence-electron chi connectivity index (χ2n) is 6.56. The number of hydrogen-bond acceptors (Lipinski definition) is 5. The smallest absolute Gasteiger partial charge is 0.249 e. The van der Waals surface area contributed by atoms with Gasteiger partial charge in [-0.05, 0) is 42.2 Å². The fourth-order valence-electron chi connectivity index (χ4n) is 3.20. The predicted octanol–water partition coefficient (Wildman–Crippen LogP) is 3.37. The van der Waals surface area contributed by atoms with E-state index in [1.54, 1.807) is 44.6 Å². The molecule has 2 unspecified atom stereocenters. The highest BCUT2D eigenvalue weighted by Gasteiger charge is 2.44. The Kier molecular flexibility index (Phi) is 4.68. The van der Waals surface area contributed by atoms with E-state index >= 15 is 0 Å². The van der Waals surface area contributed by atoms with E-state index in [1.165, 1.54) is 12.1 Å². The predicted molar refractivity (Wildman–Crippen MR) is 101 cm³/mol. The normalized spacial score (nSPS) is 17.8. The lowest BCUT2D eigenvalue weighted by Crippen LogP contribution is -2.15. The Hall–Kier alpha value is -3.42. The lowest BCUT2D eigenvalue weighted by Gasteiger charge is -2.07. The molecule has 8 heteroatoms. The minimum Gasteiger partial charge on any atom is -0.497 e. The van der Waals surface area contributed by atoms with Gasteiger partial charge in [-0.15, -0.1) is 5.10 Å². The molecule has 0 radical (unpaired) electrons. The van der Waals surface area contributed by atoms with Crippen LogP contribution in [0.5, 0.6) is 11.5 Å². The van der Waals surface area contributed by atoms with Crippen LogP contribution in [0.1, 0.15) is 17.9 Å². The number of anilines is 1. The van der Waals surface area contributed by atoms with Crippen LogP contribution in [-0.2, 0) is 4.79 Å². The monoisotopic (exact) mass is 382 g/mol. The van der Waals surface area contributed by atoms with E-state index in [1.807, 2.05) is 0 Å². The molecule has 0 bridgehead atoms. The molecule has 3 aromatic rings. The third kappa shape index (κ3) is 3.53. The van der Waals surface area contributed by atoms with Crippen LogP contribution in [0, 0.1) is 11.7 Å². The zero-order valence-corrected chi connectivity index (χ0v) is 15.4. The number of hydrogen-bond donors (Lipinski definition) is 2. The van der Waals surface area contributed by atoms with Gasteiger partial charge in [0.1, 0.15) is 17.3 Å². The van der Waals surface area contributed by atoms with E-state index in [-0.39, 0.29) is 29.5 Å². The second kappa shape index (κ2) is 7.30. The molecule has 1 aliphatic carbocycles. The number of methoxy groups -OCH3 is 2. The molecule has 0 aliphatic heterocycles. The minimum absolute atomic E-state index is 0.0979. The Morgan fingerprint density at radius 3 is 2.68 bits per heavy atom. The number of carbonyl (C=O) groups excluding carboxylic acids is 1. The van der Waals surface area contributed by atoms with Crippen LogP contribution < -0.4 is 14.8 Å². The van der Waals surface area contributed by atoms with Crippen molar-refractivity contribution in [2.45, 2.75) is 12.3 Å². The van der Waals surface area contributed by atoms with Gasteiger partial charge in [-0.3, -0.25) is 15.2 Å². The first-order chi connectivity index (χ1) is 13.6. The lowest BCUT2D eigenvalue weighted by molar-refractivity contribution is -0.117. The zero-order valence-electron chi connectivity index (χ0n) is 15.4. The van der Waals surface area contributed by atoms with Gasteiger partial charge in [0.2, 0.25) is 11.9 Å². The number of aromatic nitrogens is 3. The van der Waals surface area contributed by atoms with Gasteiger partial charge in [-0.2, -0.15) is 4.98 Å². The Bertz CT molecular complexity index is 1000. The van der Waals surface area contributed by atoms with Crippen molar-refractivity contribution < 1.29 is 18.7 Å². The first kappa shape index (κ1) is 18.0. The molecular weight excluding hydrogens is 363 g/mol. The summed E-state index contributed by atoms with van der Waals surface area (Å²) in [6.45, 7) is 0. The third-order valence-corrected chi connectivity index (χ3v) is 4.81. The van der Waals surface area contributed by atoms with E-state index in [2.05, 4.69) is 20.5 Å². The summed E-state index contributed by atoms with van der Waals surface area (Å²) in [7, 11) is 3.13. The summed E-state index contributed by atoms with van der Waals surface area (Å²) in [4.78, 5) is 16.8. The first-order valence-electron chi connectivity index (χ1n) is 8.80. The summed E-state index contributed by atoms with van der Waals surface area (Å²) in [5.41, 5.74) is 1.66. The van der Waals surface area contributed by atoms with Gasteiger partial charge < -0.3 is 9.47 Å². The highest BCUT2D eigenvalue weighted by molar-refractivity contribution is 5.94. The van der Waals surface area contributed by atoms with Gasteiger partial charge in [0, 0.05) is 12.0 Å². The van der Waals surface area contributed by atoms with Crippen LogP contribution in [-0.4, -0.2) is 35.3 Å². The summed E-state index contributed by atoms with van der Waals surface area (Å²) in [5, 5.41) is 9.61. The minimum atomic E-state index is -0.285. The largest absolute Gasteiger partial charge is 0.497 e. The fraction of sp³-hybridized carbons (Fsp3) is 0.250. The highest BCUT2D eigenvalue weighted by atomic mass is 19.1. The SMILES string of the molecule is COc1ccc(-c2nc(NC(=O)C3CC3c3ccc(F)cc3)n[nH]2)c(OC)c1. The quantitative estimate of drug-likeness (QED) is 0.682. The Morgan fingerprint density at radius 2 is 1.96 bits per heavy atom. The van der Waals surface area contributed by atoms with E-state index in [0.717, 1.165) is 12.0 Å². The molecule has 28 heavy (non-hydrogen) atoms. The fourth-order valence-corrected chi connectivity index (χ4v) is 3.20. The van der Waals surface area contributed by atoms with Crippen LogP contribution in [0.2, 0.25) is 0 Å². The van der Waals surface area contributed by atoms with Gasteiger partial charge in [-0.25, -0.2) is 4.39 Å². The van der Waals surface area contributed by atoms with Crippen molar-refractivity contribution in [1.82, 2.24) is 15.2 Å². The maximum atomic E-state index is 13.0. The van der Waals surface area contributed by atoms with E-state index in [4.69, 9.17) is 9.47 Å². The van der Waals surface area contributed by atoms with Gasteiger partial charge in [0.15, 0.2) is 5.82 Å². The second-order valence-corrected chi connectivity index (χ2v) is 6.56. The Labute approximate surface area is 160 Å². The van der Waals surface area contributed by atoms with Crippen molar-refractivity contribution in [3.63, 3.8) is 0 Å². The summed E-state index contributed by atoms with van der Waals surface area (Å²) >= 11 is 0. The van der Waals surface area contributed by atoms with Crippen molar-refractivity contribution >= 4 is 11.9 Å². The topological polar surface area (TPSA) is 89.1 Å². The molecule has 2 aromatic carbocycles. The van der Waals surface area contributed by atoms with E-state index in [0.29, 0.717) is 22.9 Å². The number of benzene rings is 2. The number of ether oxygens (including phenoxy) is 2. The number of aromatic amines is 1. The molecule has 144 valence electrons. The summed E-state index contributed by atoms with van der Waals surface area (Å²) in [5.74, 6) is 1.40. The number of amides is 1. The van der Waals surface area contributed by atoms with E-state index in [9.17, 15) is 9.18 Å². The van der Waals surface area contributed by atoms with Gasteiger partial charge in [0.05, 0.1) is 19.8 Å². The highest BCUT2D eigenvalue weighted by Crippen LogP contribution is 2.47. The molecule has 1 saturated carbocycles. The molecule has 2 atom stereocenters. The van der Waals surface area contributed by atoms with Crippen LogP contribution in [0.15, 0.2) is 42.5 Å². The van der Waals surface area contributed by atoms with Gasteiger partial charge in [0.25, 0.3) is 0 Å². The number of rotatable bonds is 6. The zero-order chi connectivity index (χ0) is 19.7. The van der Waals surface area contributed by atoms with Crippen molar-refractivity contribution in [2.24, 2.45) is 5.92 Å². The third-order valence-electron chi connectivity index (χ3n) is 4.81.